The number of nitrogens with one attached hydrogen (secondary N) is 1. The molecule has 0 spiro atoms. The van der Waals surface area contributed by atoms with Gasteiger partial charge in [-0.3, -0.25) is 0 Å². The van der Waals surface area contributed by atoms with Crippen LogP contribution in [0.4, 0.5) is 0 Å². The van der Waals surface area contributed by atoms with E-state index in [0.717, 1.165) is 16.8 Å². The summed E-state index contributed by atoms with van der Waals surface area (Å²) in [5.41, 5.74) is 1.17. The second kappa shape index (κ2) is 5.69. The van der Waals surface area contributed by atoms with Gasteiger partial charge in [0.25, 0.3) is 0 Å². The molecule has 1 aromatic rings. The van der Waals surface area contributed by atoms with Crippen LogP contribution < -0.4 is 10.1 Å². The van der Waals surface area contributed by atoms with Gasteiger partial charge in [-0.1, -0.05) is 12.0 Å². The van der Waals surface area contributed by atoms with Crippen molar-refractivity contribution in [2.24, 2.45) is 0 Å². The Hall–Kier alpha value is -0.980. The molecule has 0 unspecified atom stereocenters. The maximum Gasteiger partial charge on any atom is 0.133 e. The number of terminal acetylenes is 1. The summed E-state index contributed by atoms with van der Waals surface area (Å²) in [6.07, 6.45) is 5.13. The number of ether oxygens (including phenoxy) is 1. The molecule has 0 atom stereocenters. The van der Waals surface area contributed by atoms with Crippen molar-refractivity contribution in [3.05, 3.63) is 28.2 Å². The van der Waals surface area contributed by atoms with E-state index in [9.17, 15) is 0 Å². The van der Waals surface area contributed by atoms with Crippen molar-refractivity contribution < 1.29 is 4.74 Å². The van der Waals surface area contributed by atoms with Crippen LogP contribution in [0.2, 0.25) is 0 Å². The zero-order valence-electron chi connectivity index (χ0n) is 8.01. The fraction of sp³-hybridized carbons (Fsp3) is 0.273. The number of halogens is 1. The first-order valence-corrected chi connectivity index (χ1v) is 5.04. The lowest BCUT2D eigenvalue weighted by molar-refractivity contribution is 0.412. The SMILES string of the molecule is C#CCNCc1ccc(OC)c(Br)c1. The minimum atomic E-state index is 0.587. The van der Waals surface area contributed by atoms with E-state index in [2.05, 4.69) is 27.2 Å². The van der Waals surface area contributed by atoms with Gasteiger partial charge in [0.05, 0.1) is 18.1 Å². The first-order valence-electron chi connectivity index (χ1n) is 4.24. The first kappa shape index (κ1) is 11.1. The average Bonchev–Trinajstić information content (AvgIpc) is 2.18. The Morgan fingerprint density at radius 1 is 1.57 bits per heavy atom. The van der Waals surface area contributed by atoms with Crippen molar-refractivity contribution >= 4 is 15.9 Å². The summed E-state index contributed by atoms with van der Waals surface area (Å²) >= 11 is 3.42. The van der Waals surface area contributed by atoms with Gasteiger partial charge in [-0.15, -0.1) is 6.42 Å². The van der Waals surface area contributed by atoms with Crippen LogP contribution in [0.5, 0.6) is 5.75 Å². The van der Waals surface area contributed by atoms with Crippen LogP contribution in [0.1, 0.15) is 5.56 Å². The van der Waals surface area contributed by atoms with Gasteiger partial charge in [0.2, 0.25) is 0 Å². The topological polar surface area (TPSA) is 21.3 Å². The standard InChI is InChI=1S/C11H12BrNO/c1-3-6-13-8-9-4-5-11(14-2)10(12)7-9/h1,4-5,7,13H,6,8H2,2H3. The van der Waals surface area contributed by atoms with Crippen LogP contribution in [0.3, 0.4) is 0 Å². The van der Waals surface area contributed by atoms with Gasteiger partial charge in [0.15, 0.2) is 0 Å². The number of hydrogen-bond donors (Lipinski definition) is 1. The normalized spacial score (nSPS) is 9.50. The van der Waals surface area contributed by atoms with Crippen molar-refractivity contribution in [3.63, 3.8) is 0 Å². The van der Waals surface area contributed by atoms with E-state index in [4.69, 9.17) is 11.2 Å². The lowest BCUT2D eigenvalue weighted by Crippen LogP contribution is -2.12. The molecule has 74 valence electrons. The zero-order chi connectivity index (χ0) is 10.4. The Morgan fingerprint density at radius 3 is 2.93 bits per heavy atom. The van der Waals surface area contributed by atoms with Gasteiger partial charge in [-0.2, -0.15) is 0 Å². The van der Waals surface area contributed by atoms with Gasteiger partial charge in [-0.25, -0.2) is 0 Å². The molecule has 0 aliphatic heterocycles. The molecule has 0 amide bonds. The van der Waals surface area contributed by atoms with Crippen molar-refractivity contribution in [2.45, 2.75) is 6.54 Å². The number of methoxy groups -OCH3 is 1. The Bertz CT molecular complexity index is 344. The summed E-state index contributed by atoms with van der Waals surface area (Å²) in [5, 5.41) is 3.12. The second-order valence-electron chi connectivity index (χ2n) is 2.78. The van der Waals surface area contributed by atoms with E-state index >= 15 is 0 Å². The Labute approximate surface area is 92.8 Å². The van der Waals surface area contributed by atoms with Crippen molar-refractivity contribution in [2.75, 3.05) is 13.7 Å². The van der Waals surface area contributed by atoms with Crippen LogP contribution in [0.25, 0.3) is 0 Å². The maximum absolute atomic E-state index is 5.13. The maximum atomic E-state index is 5.13. The van der Waals surface area contributed by atoms with Gasteiger partial charge >= 0.3 is 0 Å². The summed E-state index contributed by atoms with van der Waals surface area (Å²) in [6, 6.07) is 5.95. The van der Waals surface area contributed by atoms with E-state index < -0.39 is 0 Å². The van der Waals surface area contributed by atoms with Crippen LogP contribution in [0, 0.1) is 12.3 Å². The molecule has 1 aromatic carbocycles. The Balaban J connectivity index is 2.63. The second-order valence-corrected chi connectivity index (χ2v) is 3.63. The summed E-state index contributed by atoms with van der Waals surface area (Å²) < 4.78 is 6.08. The van der Waals surface area contributed by atoms with E-state index in [-0.39, 0.29) is 0 Å². The molecule has 3 heteroatoms. The molecule has 1 N–H and O–H groups in total. The molecule has 0 saturated heterocycles. The predicted octanol–water partition coefficient (Wildman–Crippen LogP) is 2.18. The predicted molar refractivity (Wildman–Crippen MR) is 61.2 cm³/mol. The minimum absolute atomic E-state index is 0.587. The van der Waals surface area contributed by atoms with Crippen LogP contribution in [-0.4, -0.2) is 13.7 Å². The highest BCUT2D eigenvalue weighted by Crippen LogP contribution is 2.25. The number of rotatable bonds is 4. The van der Waals surface area contributed by atoms with Gasteiger partial charge in [0.1, 0.15) is 5.75 Å². The first-order chi connectivity index (χ1) is 6.77. The highest BCUT2D eigenvalue weighted by atomic mass is 79.9. The molecule has 0 saturated carbocycles. The third-order valence-electron chi connectivity index (χ3n) is 1.77. The molecule has 0 fully saturated rings. The third-order valence-corrected chi connectivity index (χ3v) is 2.39. The van der Waals surface area contributed by atoms with Crippen molar-refractivity contribution in [1.29, 1.82) is 0 Å². The Morgan fingerprint density at radius 2 is 2.36 bits per heavy atom. The molecule has 14 heavy (non-hydrogen) atoms. The van der Waals surface area contributed by atoms with E-state index in [0.29, 0.717) is 6.54 Å². The van der Waals surface area contributed by atoms with E-state index in [1.807, 2.05) is 18.2 Å². The average molecular weight is 254 g/mol. The lowest BCUT2D eigenvalue weighted by Gasteiger charge is -2.06. The fourth-order valence-electron chi connectivity index (χ4n) is 1.10. The zero-order valence-corrected chi connectivity index (χ0v) is 9.60. The van der Waals surface area contributed by atoms with Crippen LogP contribution in [0.15, 0.2) is 22.7 Å². The lowest BCUT2D eigenvalue weighted by atomic mass is 10.2. The third kappa shape index (κ3) is 3.06. The van der Waals surface area contributed by atoms with Gasteiger partial charge in [-0.05, 0) is 33.6 Å². The van der Waals surface area contributed by atoms with Crippen LogP contribution in [-0.2, 0) is 6.54 Å². The van der Waals surface area contributed by atoms with Gasteiger partial charge in [0, 0.05) is 6.54 Å². The molecule has 0 radical (unpaired) electrons. The fourth-order valence-corrected chi connectivity index (χ4v) is 1.69. The molecule has 0 bridgehead atoms. The molecular formula is C11H12BrNO. The molecule has 1 rings (SSSR count). The summed E-state index contributed by atoms with van der Waals surface area (Å²) in [6.45, 7) is 1.36. The van der Waals surface area contributed by atoms with Gasteiger partial charge < -0.3 is 10.1 Å². The minimum Gasteiger partial charge on any atom is -0.496 e. The van der Waals surface area contributed by atoms with E-state index in [1.165, 1.54) is 5.56 Å². The van der Waals surface area contributed by atoms with Crippen LogP contribution >= 0.6 is 15.9 Å². The smallest absolute Gasteiger partial charge is 0.133 e. The largest absolute Gasteiger partial charge is 0.496 e. The molecule has 0 aliphatic rings. The van der Waals surface area contributed by atoms with Crippen molar-refractivity contribution in [3.8, 4) is 18.1 Å². The Kier molecular flexibility index (Phi) is 4.51. The molecule has 2 nitrogen and oxygen atoms in total. The molecule has 0 aliphatic carbocycles. The van der Waals surface area contributed by atoms with Crippen molar-refractivity contribution in [1.82, 2.24) is 5.32 Å². The molecule has 0 heterocycles. The molecular weight excluding hydrogens is 242 g/mol. The summed E-state index contributed by atoms with van der Waals surface area (Å²) in [5.74, 6) is 3.37. The number of hydrogen-bond acceptors (Lipinski definition) is 2. The summed E-state index contributed by atoms with van der Waals surface area (Å²) in [4.78, 5) is 0. The highest BCUT2D eigenvalue weighted by molar-refractivity contribution is 9.10. The van der Waals surface area contributed by atoms with E-state index in [1.54, 1.807) is 7.11 Å². The monoisotopic (exact) mass is 253 g/mol. The number of benzene rings is 1. The highest BCUT2D eigenvalue weighted by Gasteiger charge is 2.00. The quantitative estimate of drug-likeness (QED) is 0.656. The molecule has 0 aromatic heterocycles. The summed E-state index contributed by atoms with van der Waals surface area (Å²) in [7, 11) is 1.65.